The normalized spacial score (nSPS) is 9.50. The maximum absolute atomic E-state index is 10.9. The van der Waals surface area contributed by atoms with Crippen LogP contribution in [0, 0.1) is 0 Å². The Balaban J connectivity index is 2.41. The standard InChI is InChI=1S/C8H12N4O2/c1-2-14-8(13)4-10-7-3-6(9)11-5-12-7/h3,5H,2,4H2,1H3,(H3,9,10,11,12). The van der Waals surface area contributed by atoms with Crippen molar-refractivity contribution in [1.29, 1.82) is 0 Å². The molecule has 0 spiro atoms. The van der Waals surface area contributed by atoms with Gasteiger partial charge in [0.05, 0.1) is 6.61 Å². The van der Waals surface area contributed by atoms with Crippen LogP contribution in [0.4, 0.5) is 11.6 Å². The van der Waals surface area contributed by atoms with Crippen molar-refractivity contribution < 1.29 is 9.53 Å². The first kappa shape index (κ1) is 10.2. The van der Waals surface area contributed by atoms with Crippen LogP contribution in [0.3, 0.4) is 0 Å². The van der Waals surface area contributed by atoms with Crippen molar-refractivity contribution in [2.45, 2.75) is 6.92 Å². The van der Waals surface area contributed by atoms with Gasteiger partial charge in [-0.15, -0.1) is 0 Å². The molecule has 1 rings (SSSR count). The fourth-order valence-corrected chi connectivity index (χ4v) is 0.844. The van der Waals surface area contributed by atoms with Gasteiger partial charge in [0.1, 0.15) is 24.5 Å². The number of carbonyl (C=O) groups is 1. The van der Waals surface area contributed by atoms with Crippen molar-refractivity contribution in [2.24, 2.45) is 0 Å². The van der Waals surface area contributed by atoms with E-state index in [0.717, 1.165) is 0 Å². The molecule has 1 heterocycles. The van der Waals surface area contributed by atoms with Gasteiger partial charge in [0, 0.05) is 6.07 Å². The second-order valence-electron chi connectivity index (χ2n) is 2.49. The summed E-state index contributed by atoms with van der Waals surface area (Å²) in [6, 6.07) is 1.54. The van der Waals surface area contributed by atoms with Crippen molar-refractivity contribution in [1.82, 2.24) is 9.97 Å². The minimum absolute atomic E-state index is 0.0737. The molecule has 6 heteroatoms. The molecule has 0 saturated heterocycles. The molecule has 1 aromatic heterocycles. The van der Waals surface area contributed by atoms with Crippen LogP contribution in [0.2, 0.25) is 0 Å². The Bertz CT molecular complexity index is 316. The molecule has 0 saturated carbocycles. The average Bonchev–Trinajstić information content (AvgIpc) is 2.15. The second kappa shape index (κ2) is 5.00. The summed E-state index contributed by atoms with van der Waals surface area (Å²) >= 11 is 0. The van der Waals surface area contributed by atoms with Crippen LogP contribution in [0.5, 0.6) is 0 Å². The number of aromatic nitrogens is 2. The van der Waals surface area contributed by atoms with Gasteiger partial charge in [-0.05, 0) is 6.92 Å². The number of nitrogens with zero attached hydrogens (tertiary/aromatic N) is 2. The molecule has 6 nitrogen and oxygen atoms in total. The number of nitrogens with two attached hydrogens (primary N) is 1. The zero-order valence-corrected chi connectivity index (χ0v) is 7.86. The highest BCUT2D eigenvalue weighted by atomic mass is 16.5. The third-order valence-corrected chi connectivity index (χ3v) is 1.41. The molecule has 0 bridgehead atoms. The molecule has 0 atom stereocenters. The van der Waals surface area contributed by atoms with Gasteiger partial charge in [-0.2, -0.15) is 0 Å². The molecule has 1 aromatic rings. The van der Waals surface area contributed by atoms with Crippen LogP contribution in [0.1, 0.15) is 6.92 Å². The number of rotatable bonds is 4. The van der Waals surface area contributed by atoms with Crippen molar-refractivity contribution in [3.8, 4) is 0 Å². The zero-order chi connectivity index (χ0) is 10.4. The van der Waals surface area contributed by atoms with Crippen LogP contribution in [0.25, 0.3) is 0 Å². The summed E-state index contributed by atoms with van der Waals surface area (Å²) in [6.07, 6.45) is 1.32. The molecule has 0 amide bonds. The fourth-order valence-electron chi connectivity index (χ4n) is 0.844. The first-order valence-corrected chi connectivity index (χ1v) is 4.19. The maximum Gasteiger partial charge on any atom is 0.325 e. The highest BCUT2D eigenvalue weighted by Gasteiger charge is 2.01. The first-order valence-electron chi connectivity index (χ1n) is 4.19. The van der Waals surface area contributed by atoms with E-state index < -0.39 is 0 Å². The highest BCUT2D eigenvalue weighted by Crippen LogP contribution is 2.03. The number of nitrogens with one attached hydrogen (secondary N) is 1. The van der Waals surface area contributed by atoms with Crippen LogP contribution in [-0.4, -0.2) is 29.1 Å². The van der Waals surface area contributed by atoms with Gasteiger partial charge in [-0.25, -0.2) is 9.97 Å². The molecule has 0 radical (unpaired) electrons. The number of ether oxygens (including phenoxy) is 1. The summed E-state index contributed by atoms with van der Waals surface area (Å²) < 4.78 is 4.72. The molecule has 0 aliphatic rings. The quantitative estimate of drug-likeness (QED) is 0.660. The molecular weight excluding hydrogens is 184 g/mol. The monoisotopic (exact) mass is 196 g/mol. The molecule has 0 aliphatic heterocycles. The lowest BCUT2D eigenvalue weighted by Crippen LogP contribution is -2.17. The highest BCUT2D eigenvalue weighted by molar-refractivity contribution is 5.74. The van der Waals surface area contributed by atoms with Crippen LogP contribution in [0.15, 0.2) is 12.4 Å². The lowest BCUT2D eigenvalue weighted by atomic mass is 10.5. The van der Waals surface area contributed by atoms with Gasteiger partial charge < -0.3 is 15.8 Å². The van der Waals surface area contributed by atoms with Gasteiger partial charge in [0.25, 0.3) is 0 Å². The third-order valence-electron chi connectivity index (χ3n) is 1.41. The second-order valence-corrected chi connectivity index (χ2v) is 2.49. The van der Waals surface area contributed by atoms with Gasteiger partial charge in [0.2, 0.25) is 0 Å². The Morgan fingerprint density at radius 1 is 1.64 bits per heavy atom. The topological polar surface area (TPSA) is 90.1 Å². The smallest absolute Gasteiger partial charge is 0.325 e. The summed E-state index contributed by atoms with van der Waals surface area (Å²) in [5, 5.41) is 2.76. The van der Waals surface area contributed by atoms with E-state index in [2.05, 4.69) is 15.3 Å². The Morgan fingerprint density at radius 3 is 3.07 bits per heavy atom. The van der Waals surface area contributed by atoms with Crippen molar-refractivity contribution in [2.75, 3.05) is 24.2 Å². The van der Waals surface area contributed by atoms with E-state index in [-0.39, 0.29) is 12.5 Å². The van der Waals surface area contributed by atoms with Gasteiger partial charge in [-0.3, -0.25) is 4.79 Å². The SMILES string of the molecule is CCOC(=O)CNc1cc(N)ncn1. The first-order chi connectivity index (χ1) is 6.72. The third kappa shape index (κ3) is 3.26. The van der Waals surface area contributed by atoms with E-state index in [0.29, 0.717) is 18.2 Å². The Kier molecular flexibility index (Phi) is 3.66. The summed E-state index contributed by atoms with van der Waals surface area (Å²) in [6.45, 7) is 2.19. The lowest BCUT2D eigenvalue weighted by molar-refractivity contribution is -0.140. The van der Waals surface area contributed by atoms with Gasteiger partial charge in [0.15, 0.2) is 0 Å². The number of carbonyl (C=O) groups excluding carboxylic acids is 1. The Labute approximate surface area is 81.5 Å². The van der Waals surface area contributed by atoms with Crippen molar-refractivity contribution >= 4 is 17.6 Å². The summed E-state index contributed by atoms with van der Waals surface area (Å²) in [5.41, 5.74) is 5.42. The lowest BCUT2D eigenvalue weighted by Gasteiger charge is -2.04. The molecular formula is C8H12N4O2. The van der Waals surface area contributed by atoms with E-state index in [1.807, 2.05) is 0 Å². The minimum atomic E-state index is -0.329. The predicted molar refractivity (Wildman–Crippen MR) is 51.6 cm³/mol. The molecule has 0 unspecified atom stereocenters. The number of hydrogen-bond acceptors (Lipinski definition) is 6. The van der Waals surface area contributed by atoms with E-state index >= 15 is 0 Å². The number of esters is 1. The van der Waals surface area contributed by atoms with Gasteiger partial charge >= 0.3 is 5.97 Å². The Morgan fingerprint density at radius 2 is 2.43 bits per heavy atom. The molecule has 14 heavy (non-hydrogen) atoms. The molecule has 0 fully saturated rings. The number of hydrogen-bond donors (Lipinski definition) is 2. The summed E-state index contributed by atoms with van der Waals surface area (Å²) in [5.74, 6) is 0.529. The molecule has 0 aromatic carbocycles. The largest absolute Gasteiger partial charge is 0.465 e. The minimum Gasteiger partial charge on any atom is -0.465 e. The predicted octanol–water partition coefficient (Wildman–Crippen LogP) is 0.0338. The molecule has 0 aliphatic carbocycles. The molecule has 76 valence electrons. The van der Waals surface area contributed by atoms with Gasteiger partial charge in [-0.1, -0.05) is 0 Å². The van der Waals surface area contributed by atoms with Crippen LogP contribution < -0.4 is 11.1 Å². The summed E-state index contributed by atoms with van der Waals surface area (Å²) in [4.78, 5) is 18.5. The maximum atomic E-state index is 10.9. The van der Waals surface area contributed by atoms with E-state index in [1.165, 1.54) is 6.33 Å². The average molecular weight is 196 g/mol. The van der Waals surface area contributed by atoms with Crippen LogP contribution in [-0.2, 0) is 9.53 Å². The van der Waals surface area contributed by atoms with Crippen molar-refractivity contribution in [3.05, 3.63) is 12.4 Å². The number of nitrogen functional groups attached to an aromatic ring is 1. The van der Waals surface area contributed by atoms with E-state index in [4.69, 9.17) is 10.5 Å². The fraction of sp³-hybridized carbons (Fsp3) is 0.375. The van der Waals surface area contributed by atoms with Crippen molar-refractivity contribution in [3.63, 3.8) is 0 Å². The van der Waals surface area contributed by atoms with Crippen LogP contribution >= 0.6 is 0 Å². The zero-order valence-electron chi connectivity index (χ0n) is 7.86. The summed E-state index contributed by atoms with van der Waals surface area (Å²) in [7, 11) is 0. The van der Waals surface area contributed by atoms with E-state index in [1.54, 1.807) is 13.0 Å². The molecule has 3 N–H and O–H groups in total. The van der Waals surface area contributed by atoms with E-state index in [9.17, 15) is 4.79 Å². The number of anilines is 2. The Hall–Kier alpha value is -1.85.